The molecule has 0 radical (unpaired) electrons. The molecule has 10 heteroatoms. The summed E-state index contributed by atoms with van der Waals surface area (Å²) in [6, 6.07) is 0. The highest BCUT2D eigenvalue weighted by Crippen LogP contribution is 2.06. The number of likely N-dealkylation sites (N-methyl/N-ethyl adjacent to an activating group) is 1. The number of sulfonamides is 1. The van der Waals surface area contributed by atoms with Gasteiger partial charge in [-0.15, -0.1) is 0 Å². The number of hydrazine groups is 1. The minimum Gasteiger partial charge on any atom is -0.383 e. The number of methoxy groups -OCH3 is 1. The van der Waals surface area contributed by atoms with E-state index in [-0.39, 0.29) is 10.8 Å². The van der Waals surface area contributed by atoms with Crippen LogP contribution in [-0.2, 0) is 14.8 Å². The van der Waals surface area contributed by atoms with Gasteiger partial charge in [-0.25, -0.2) is 29.0 Å². The third-order valence-electron chi connectivity index (χ3n) is 2.53. The zero-order valence-electron chi connectivity index (χ0n) is 11.5. The second-order valence-corrected chi connectivity index (χ2v) is 5.85. The number of ether oxygens (including phenoxy) is 1. The zero-order valence-corrected chi connectivity index (χ0v) is 12.4. The van der Waals surface area contributed by atoms with Gasteiger partial charge < -0.3 is 9.64 Å². The quantitative estimate of drug-likeness (QED) is 0.377. The van der Waals surface area contributed by atoms with Crippen LogP contribution < -0.4 is 16.0 Å². The molecule has 1 aromatic heterocycles. The molecule has 0 aliphatic carbocycles. The van der Waals surface area contributed by atoms with Gasteiger partial charge in [-0.05, 0) is 7.05 Å². The normalized spacial score (nSPS) is 11.8. The number of nitrogen functional groups attached to an aromatic ring is 1. The fourth-order valence-corrected chi connectivity index (χ4v) is 2.25. The lowest BCUT2D eigenvalue weighted by atomic mass is 10.5. The van der Waals surface area contributed by atoms with Crippen molar-refractivity contribution in [2.75, 3.05) is 45.8 Å². The van der Waals surface area contributed by atoms with Crippen LogP contribution in [0.25, 0.3) is 0 Å². The highest BCUT2D eigenvalue weighted by Gasteiger charge is 2.14. The highest BCUT2D eigenvalue weighted by molar-refractivity contribution is 7.89. The van der Waals surface area contributed by atoms with Gasteiger partial charge in [0.25, 0.3) is 0 Å². The van der Waals surface area contributed by atoms with E-state index in [0.29, 0.717) is 19.7 Å². The molecule has 0 amide bonds. The minimum atomic E-state index is -3.60. The third kappa shape index (κ3) is 5.35. The van der Waals surface area contributed by atoms with Gasteiger partial charge in [0.05, 0.1) is 19.0 Å². The highest BCUT2D eigenvalue weighted by atomic mass is 32.2. The van der Waals surface area contributed by atoms with Crippen LogP contribution in [0.5, 0.6) is 0 Å². The monoisotopic (exact) mass is 304 g/mol. The first-order chi connectivity index (χ1) is 9.49. The maximum absolute atomic E-state index is 11.9. The molecule has 0 bridgehead atoms. The van der Waals surface area contributed by atoms with E-state index < -0.39 is 10.0 Å². The molecule has 0 spiro atoms. The molecular weight excluding hydrogens is 284 g/mol. The first-order valence-electron chi connectivity index (χ1n) is 5.95. The van der Waals surface area contributed by atoms with Gasteiger partial charge in [0, 0.05) is 26.7 Å². The van der Waals surface area contributed by atoms with E-state index in [1.165, 1.54) is 12.4 Å². The Morgan fingerprint density at radius 2 is 2.00 bits per heavy atom. The Bertz CT molecular complexity index is 492. The average Bonchev–Trinajstić information content (AvgIpc) is 2.45. The summed E-state index contributed by atoms with van der Waals surface area (Å²) in [6.45, 7) is 2.20. The second kappa shape index (κ2) is 8.07. The number of hydrogen-bond acceptors (Lipinski definition) is 8. The Morgan fingerprint density at radius 1 is 1.35 bits per heavy atom. The number of aromatic nitrogens is 2. The molecule has 0 atom stereocenters. The van der Waals surface area contributed by atoms with Crippen molar-refractivity contribution in [2.24, 2.45) is 5.84 Å². The van der Waals surface area contributed by atoms with Crippen molar-refractivity contribution in [3.63, 3.8) is 0 Å². The lowest BCUT2D eigenvalue weighted by molar-refractivity contribution is 0.162. The second-order valence-electron chi connectivity index (χ2n) is 4.08. The maximum atomic E-state index is 11.9. The van der Waals surface area contributed by atoms with Crippen LogP contribution in [0, 0.1) is 0 Å². The largest absolute Gasteiger partial charge is 0.383 e. The van der Waals surface area contributed by atoms with Crippen LogP contribution in [0.15, 0.2) is 17.3 Å². The lowest BCUT2D eigenvalue weighted by Gasteiger charge is -2.16. The molecule has 0 unspecified atom stereocenters. The fourth-order valence-electron chi connectivity index (χ4n) is 1.34. The van der Waals surface area contributed by atoms with Crippen molar-refractivity contribution in [2.45, 2.75) is 4.90 Å². The van der Waals surface area contributed by atoms with E-state index in [0.717, 1.165) is 6.54 Å². The summed E-state index contributed by atoms with van der Waals surface area (Å²) in [6.07, 6.45) is 2.39. The molecule has 0 saturated heterocycles. The van der Waals surface area contributed by atoms with Crippen LogP contribution in [0.3, 0.4) is 0 Å². The van der Waals surface area contributed by atoms with E-state index in [1.807, 2.05) is 11.9 Å². The molecule has 4 N–H and O–H groups in total. The molecule has 0 aromatic carbocycles. The van der Waals surface area contributed by atoms with E-state index in [9.17, 15) is 8.42 Å². The summed E-state index contributed by atoms with van der Waals surface area (Å²) < 4.78 is 31.3. The number of rotatable bonds is 9. The standard InChI is InChI=1S/C10H20N6O3S/c1-16(5-6-19-2)4-3-14-20(17,18)9-7-12-10(15-11)13-8-9/h7-8,14H,3-6,11H2,1-2H3,(H,12,13,15). The molecule has 0 saturated carbocycles. The van der Waals surface area contributed by atoms with Gasteiger partial charge in [0.15, 0.2) is 0 Å². The van der Waals surface area contributed by atoms with Crippen molar-refractivity contribution >= 4 is 16.0 Å². The summed E-state index contributed by atoms with van der Waals surface area (Å²) >= 11 is 0. The predicted molar refractivity (Wildman–Crippen MR) is 74.4 cm³/mol. The van der Waals surface area contributed by atoms with Gasteiger partial charge >= 0.3 is 0 Å². The number of nitrogens with zero attached hydrogens (tertiary/aromatic N) is 3. The summed E-state index contributed by atoms with van der Waals surface area (Å²) in [7, 11) is -0.0945. The lowest BCUT2D eigenvalue weighted by Crippen LogP contribution is -2.34. The van der Waals surface area contributed by atoms with Crippen molar-refractivity contribution < 1.29 is 13.2 Å². The summed E-state index contributed by atoms with van der Waals surface area (Å²) in [5.74, 6) is 5.26. The molecule has 20 heavy (non-hydrogen) atoms. The SMILES string of the molecule is COCCN(C)CCNS(=O)(=O)c1cnc(NN)nc1. The Kier molecular flexibility index (Phi) is 6.75. The van der Waals surface area contributed by atoms with Crippen LogP contribution in [-0.4, -0.2) is 63.7 Å². The van der Waals surface area contributed by atoms with Gasteiger partial charge in [0.2, 0.25) is 16.0 Å². The summed E-state index contributed by atoms with van der Waals surface area (Å²) in [5, 5.41) is 0. The summed E-state index contributed by atoms with van der Waals surface area (Å²) in [4.78, 5) is 9.47. The molecule has 0 aliphatic rings. The van der Waals surface area contributed by atoms with Gasteiger partial charge in [-0.2, -0.15) is 0 Å². The Morgan fingerprint density at radius 3 is 2.55 bits per heavy atom. The Labute approximate surface area is 118 Å². The van der Waals surface area contributed by atoms with Crippen LogP contribution in [0.1, 0.15) is 0 Å². The van der Waals surface area contributed by atoms with Crippen molar-refractivity contribution in [3.8, 4) is 0 Å². The van der Waals surface area contributed by atoms with Crippen molar-refractivity contribution in [1.82, 2.24) is 19.6 Å². The van der Waals surface area contributed by atoms with Crippen molar-refractivity contribution in [1.29, 1.82) is 0 Å². The van der Waals surface area contributed by atoms with Crippen molar-refractivity contribution in [3.05, 3.63) is 12.4 Å². The molecular formula is C10H20N6O3S. The predicted octanol–water partition coefficient (Wildman–Crippen LogP) is -1.38. The van der Waals surface area contributed by atoms with Gasteiger partial charge in [-0.1, -0.05) is 0 Å². The molecule has 9 nitrogen and oxygen atoms in total. The third-order valence-corrected chi connectivity index (χ3v) is 3.95. The molecule has 114 valence electrons. The van der Waals surface area contributed by atoms with Crippen LogP contribution in [0.4, 0.5) is 5.95 Å². The van der Waals surface area contributed by atoms with Crippen LogP contribution in [0.2, 0.25) is 0 Å². The fraction of sp³-hybridized carbons (Fsp3) is 0.600. The molecule has 0 aliphatic heterocycles. The number of hydrogen-bond donors (Lipinski definition) is 3. The number of anilines is 1. The molecule has 1 aromatic rings. The number of nitrogens with one attached hydrogen (secondary N) is 2. The van der Waals surface area contributed by atoms with Gasteiger partial charge in [-0.3, -0.25) is 5.43 Å². The first-order valence-corrected chi connectivity index (χ1v) is 7.43. The Balaban J connectivity index is 2.48. The minimum absolute atomic E-state index is 0.00366. The topological polar surface area (TPSA) is 122 Å². The summed E-state index contributed by atoms with van der Waals surface area (Å²) in [5.41, 5.74) is 2.23. The van der Waals surface area contributed by atoms with Gasteiger partial charge in [0.1, 0.15) is 4.90 Å². The molecule has 1 heterocycles. The van der Waals surface area contributed by atoms with E-state index >= 15 is 0 Å². The first kappa shape index (κ1) is 16.7. The smallest absolute Gasteiger partial charge is 0.243 e. The van der Waals surface area contributed by atoms with E-state index in [1.54, 1.807) is 7.11 Å². The average molecular weight is 304 g/mol. The number of nitrogens with two attached hydrogens (primary N) is 1. The van der Waals surface area contributed by atoms with E-state index in [4.69, 9.17) is 10.6 Å². The molecule has 1 rings (SSSR count). The van der Waals surface area contributed by atoms with E-state index in [2.05, 4.69) is 20.1 Å². The molecule has 0 fully saturated rings. The zero-order chi connectivity index (χ0) is 15.0. The maximum Gasteiger partial charge on any atom is 0.243 e. The van der Waals surface area contributed by atoms with Crippen LogP contribution >= 0.6 is 0 Å². The Hall–Kier alpha value is -1.33.